The Kier molecular flexibility index (Phi) is 2.21. The minimum absolute atomic E-state index is 0.0167. The van der Waals surface area contributed by atoms with Crippen LogP contribution in [-0.2, 0) is 9.05 Å². The van der Waals surface area contributed by atoms with E-state index in [1.165, 1.54) is 23.6 Å². The summed E-state index contributed by atoms with van der Waals surface area (Å²) in [6, 6.07) is 1.42. The van der Waals surface area contributed by atoms with E-state index in [2.05, 4.69) is 9.97 Å². The van der Waals surface area contributed by atoms with Gasteiger partial charge in [-0.05, 0) is 13.0 Å². The SMILES string of the molecule is Cc1nc2cc(S(=O)(=O)Cl)cnc2s1. The first kappa shape index (κ1) is 9.82. The number of halogens is 1. The molecule has 7 heteroatoms. The standard InChI is InChI=1S/C7H5ClN2O2S2/c1-4-10-6-2-5(14(8,11)12)3-9-7(6)13-4/h2-3H,1H3. The van der Waals surface area contributed by atoms with Crippen LogP contribution in [0.1, 0.15) is 5.01 Å². The second kappa shape index (κ2) is 3.15. The molecule has 0 saturated carbocycles. The molecule has 0 fully saturated rings. The third kappa shape index (κ3) is 1.73. The zero-order chi connectivity index (χ0) is 10.3. The Morgan fingerprint density at radius 2 is 2.21 bits per heavy atom. The molecule has 2 aromatic heterocycles. The van der Waals surface area contributed by atoms with E-state index in [-0.39, 0.29) is 4.90 Å². The van der Waals surface area contributed by atoms with Gasteiger partial charge in [0.05, 0.1) is 5.01 Å². The summed E-state index contributed by atoms with van der Waals surface area (Å²) in [5.74, 6) is 0. The lowest BCUT2D eigenvalue weighted by Crippen LogP contribution is -1.91. The zero-order valence-electron chi connectivity index (χ0n) is 7.06. The molecule has 0 amide bonds. The molecule has 2 heterocycles. The smallest absolute Gasteiger partial charge is 0.242 e. The van der Waals surface area contributed by atoms with Crippen molar-refractivity contribution in [3.8, 4) is 0 Å². The highest BCUT2D eigenvalue weighted by Crippen LogP contribution is 2.23. The Labute approximate surface area is 89.0 Å². The lowest BCUT2D eigenvalue weighted by atomic mass is 10.4. The highest BCUT2D eigenvalue weighted by atomic mass is 35.7. The second-order valence-corrected chi connectivity index (χ2v) is 6.41. The molecule has 0 aliphatic rings. The number of pyridine rings is 1. The summed E-state index contributed by atoms with van der Waals surface area (Å²) in [4.78, 5) is 8.78. The van der Waals surface area contributed by atoms with Crippen LogP contribution < -0.4 is 0 Å². The van der Waals surface area contributed by atoms with Crippen molar-refractivity contribution in [3.05, 3.63) is 17.3 Å². The molecule has 0 N–H and O–H groups in total. The minimum Gasteiger partial charge on any atom is -0.242 e. The van der Waals surface area contributed by atoms with E-state index in [1.807, 2.05) is 6.92 Å². The van der Waals surface area contributed by atoms with Crippen molar-refractivity contribution in [2.45, 2.75) is 11.8 Å². The monoisotopic (exact) mass is 248 g/mol. The molecular weight excluding hydrogens is 244 g/mol. The fourth-order valence-electron chi connectivity index (χ4n) is 1.05. The van der Waals surface area contributed by atoms with E-state index >= 15 is 0 Å². The highest BCUT2D eigenvalue weighted by molar-refractivity contribution is 8.13. The number of fused-ring (bicyclic) bond motifs is 1. The van der Waals surface area contributed by atoms with Gasteiger partial charge in [0.25, 0.3) is 9.05 Å². The minimum atomic E-state index is -3.71. The zero-order valence-corrected chi connectivity index (χ0v) is 9.45. The van der Waals surface area contributed by atoms with Crippen LogP contribution >= 0.6 is 22.0 Å². The molecule has 0 aliphatic carbocycles. The third-order valence-corrected chi connectivity index (χ3v) is 3.83. The Hall–Kier alpha value is -0.720. The van der Waals surface area contributed by atoms with Gasteiger partial charge in [0.2, 0.25) is 0 Å². The van der Waals surface area contributed by atoms with Crippen molar-refractivity contribution in [3.63, 3.8) is 0 Å². The summed E-state index contributed by atoms with van der Waals surface area (Å²) in [5.41, 5.74) is 0.564. The van der Waals surface area contributed by atoms with Gasteiger partial charge in [-0.15, -0.1) is 0 Å². The first-order valence-corrected chi connectivity index (χ1v) is 6.77. The molecule has 0 aromatic carbocycles. The largest absolute Gasteiger partial charge is 0.262 e. The van der Waals surface area contributed by atoms with Crippen LogP contribution in [0.2, 0.25) is 0 Å². The summed E-state index contributed by atoms with van der Waals surface area (Å²) >= 11 is 1.41. The first-order chi connectivity index (χ1) is 6.47. The maximum Gasteiger partial charge on any atom is 0.262 e. The molecule has 2 aromatic rings. The Morgan fingerprint density at radius 1 is 1.50 bits per heavy atom. The van der Waals surface area contributed by atoms with Crippen molar-refractivity contribution < 1.29 is 8.42 Å². The van der Waals surface area contributed by atoms with Gasteiger partial charge in [0.1, 0.15) is 15.2 Å². The molecule has 0 unspecified atom stereocenters. The summed E-state index contributed by atoms with van der Waals surface area (Å²) in [6.07, 6.45) is 1.24. The number of aryl methyl sites for hydroxylation is 1. The normalized spacial score (nSPS) is 12.1. The van der Waals surface area contributed by atoms with Gasteiger partial charge in [0, 0.05) is 16.9 Å². The molecule has 14 heavy (non-hydrogen) atoms. The molecule has 0 atom stereocenters. The van der Waals surface area contributed by atoms with Crippen LogP contribution in [0.3, 0.4) is 0 Å². The third-order valence-electron chi connectivity index (χ3n) is 1.61. The van der Waals surface area contributed by atoms with Crippen LogP contribution in [0, 0.1) is 6.92 Å². The molecule has 4 nitrogen and oxygen atoms in total. The molecule has 0 aliphatic heterocycles. The highest BCUT2D eigenvalue weighted by Gasteiger charge is 2.12. The fraction of sp³-hybridized carbons (Fsp3) is 0.143. The van der Waals surface area contributed by atoms with E-state index in [0.717, 1.165) is 5.01 Å². The number of aromatic nitrogens is 2. The van der Waals surface area contributed by atoms with Crippen LogP contribution in [0.4, 0.5) is 0 Å². The molecule has 2 rings (SSSR count). The van der Waals surface area contributed by atoms with Crippen LogP contribution in [-0.4, -0.2) is 18.4 Å². The van der Waals surface area contributed by atoms with E-state index in [1.54, 1.807) is 0 Å². The molecular formula is C7H5ClN2O2S2. The Bertz CT molecular complexity index is 591. The fourth-order valence-corrected chi connectivity index (χ4v) is 2.47. The summed E-state index contributed by atoms with van der Waals surface area (Å²) < 4.78 is 22.0. The topological polar surface area (TPSA) is 59.9 Å². The number of rotatable bonds is 1. The number of hydrogen-bond acceptors (Lipinski definition) is 5. The van der Waals surface area contributed by atoms with Crippen molar-refractivity contribution in [1.29, 1.82) is 0 Å². The molecule has 0 saturated heterocycles. The van der Waals surface area contributed by atoms with Gasteiger partial charge in [0.15, 0.2) is 0 Å². The average molecular weight is 249 g/mol. The maximum atomic E-state index is 11.0. The quantitative estimate of drug-likeness (QED) is 0.724. The van der Waals surface area contributed by atoms with Gasteiger partial charge < -0.3 is 0 Å². The summed E-state index contributed by atoms with van der Waals surface area (Å²) in [5, 5.41) is 0.844. The predicted molar refractivity (Wildman–Crippen MR) is 55.2 cm³/mol. The van der Waals surface area contributed by atoms with Crippen molar-refractivity contribution in [2.24, 2.45) is 0 Å². The number of hydrogen-bond donors (Lipinski definition) is 0. The van der Waals surface area contributed by atoms with Crippen LogP contribution in [0.15, 0.2) is 17.2 Å². The van der Waals surface area contributed by atoms with Crippen molar-refractivity contribution in [2.75, 3.05) is 0 Å². The van der Waals surface area contributed by atoms with Gasteiger partial charge in [-0.25, -0.2) is 18.4 Å². The molecule has 0 spiro atoms. The average Bonchev–Trinajstić information content (AvgIpc) is 2.41. The van der Waals surface area contributed by atoms with E-state index in [4.69, 9.17) is 10.7 Å². The van der Waals surface area contributed by atoms with Gasteiger partial charge in [-0.2, -0.15) is 0 Å². The van der Waals surface area contributed by atoms with Gasteiger partial charge in [-0.1, -0.05) is 11.3 Å². The predicted octanol–water partition coefficient (Wildman–Crippen LogP) is 1.93. The molecule has 0 radical (unpaired) electrons. The second-order valence-electron chi connectivity index (χ2n) is 2.67. The van der Waals surface area contributed by atoms with Gasteiger partial charge in [-0.3, -0.25) is 0 Å². The van der Waals surface area contributed by atoms with Crippen LogP contribution in [0.5, 0.6) is 0 Å². The van der Waals surface area contributed by atoms with E-state index < -0.39 is 9.05 Å². The Balaban J connectivity index is 2.74. The van der Waals surface area contributed by atoms with Crippen molar-refractivity contribution in [1.82, 2.24) is 9.97 Å². The van der Waals surface area contributed by atoms with Gasteiger partial charge >= 0.3 is 0 Å². The Morgan fingerprint density at radius 3 is 2.86 bits per heavy atom. The summed E-state index contributed by atoms with van der Waals surface area (Å²) in [7, 11) is 1.46. The lowest BCUT2D eigenvalue weighted by molar-refractivity contribution is 0.609. The molecule has 0 bridgehead atoms. The first-order valence-electron chi connectivity index (χ1n) is 3.65. The lowest BCUT2D eigenvalue weighted by Gasteiger charge is -1.93. The number of nitrogens with zero attached hydrogens (tertiary/aromatic N) is 2. The van der Waals surface area contributed by atoms with E-state index in [9.17, 15) is 8.42 Å². The van der Waals surface area contributed by atoms with Crippen LogP contribution in [0.25, 0.3) is 10.3 Å². The van der Waals surface area contributed by atoms with Crippen molar-refractivity contribution >= 4 is 41.4 Å². The summed E-state index contributed by atoms with van der Waals surface area (Å²) in [6.45, 7) is 1.83. The maximum absolute atomic E-state index is 11.0. The number of thiazole rings is 1. The van der Waals surface area contributed by atoms with E-state index in [0.29, 0.717) is 10.3 Å². The molecule has 74 valence electrons.